The number of aryl methyl sites for hydroxylation is 1. The van der Waals surface area contributed by atoms with Gasteiger partial charge in [0.1, 0.15) is 0 Å². The number of rotatable bonds is 2. The molecule has 0 heterocycles. The van der Waals surface area contributed by atoms with Crippen molar-refractivity contribution in [2.75, 3.05) is 0 Å². The molecular weight excluding hydrogens is 354 g/mol. The van der Waals surface area contributed by atoms with E-state index in [-0.39, 0.29) is 0 Å². The molecule has 0 aliphatic heterocycles. The third-order valence-corrected chi connectivity index (χ3v) is 5.32. The van der Waals surface area contributed by atoms with Crippen molar-refractivity contribution >= 4 is 39.8 Å². The zero-order valence-corrected chi connectivity index (χ0v) is 17.6. The van der Waals surface area contributed by atoms with E-state index in [1.165, 1.54) is 50.2 Å². The molecule has 0 fully saturated rings. The molecule has 0 nitrogen and oxygen atoms in total. The van der Waals surface area contributed by atoms with Crippen LogP contribution in [-0.4, -0.2) is 18.7 Å². The summed E-state index contributed by atoms with van der Waals surface area (Å²) in [7, 11) is 8.62. The molecule has 1 aliphatic carbocycles. The normalized spacial score (nSPS) is 12.4. The van der Waals surface area contributed by atoms with Crippen molar-refractivity contribution in [2.45, 2.75) is 26.7 Å². The fraction of sp³-hybridized carbons (Fsp3) is 0.154. The van der Waals surface area contributed by atoms with Crippen LogP contribution in [0, 0.1) is 6.92 Å². The van der Waals surface area contributed by atoms with Gasteiger partial charge in [-0.05, 0) is 58.1 Å². The third kappa shape index (κ3) is 5.06. The van der Waals surface area contributed by atoms with Gasteiger partial charge in [-0.25, -0.2) is 0 Å². The summed E-state index contributed by atoms with van der Waals surface area (Å²) in [4.78, 5) is 0. The van der Waals surface area contributed by atoms with Gasteiger partial charge >= 0.3 is 20.4 Å². The van der Waals surface area contributed by atoms with Crippen LogP contribution in [0.5, 0.6) is 0 Å². The van der Waals surface area contributed by atoms with Crippen molar-refractivity contribution in [3.63, 3.8) is 0 Å². The fourth-order valence-electron chi connectivity index (χ4n) is 3.40. The molecular formula is C26H25BP. The Morgan fingerprint density at radius 2 is 1.36 bits per heavy atom. The van der Waals surface area contributed by atoms with Gasteiger partial charge in [0.15, 0.2) is 0 Å². The molecule has 0 saturated carbocycles. The fourth-order valence-corrected chi connectivity index (χ4v) is 3.82. The first-order valence-electron chi connectivity index (χ1n) is 9.62. The minimum atomic E-state index is 0.963. The summed E-state index contributed by atoms with van der Waals surface area (Å²) in [5.41, 5.74) is 9.33. The molecule has 4 rings (SSSR count). The second-order valence-corrected chi connectivity index (χ2v) is 7.70. The maximum absolute atomic E-state index is 4.72. The van der Waals surface area contributed by atoms with Gasteiger partial charge in [-0.1, -0.05) is 78.4 Å². The van der Waals surface area contributed by atoms with Crippen molar-refractivity contribution in [1.82, 2.24) is 0 Å². The van der Waals surface area contributed by atoms with Gasteiger partial charge < -0.3 is 0 Å². The monoisotopic (exact) mass is 379 g/mol. The Morgan fingerprint density at radius 1 is 0.786 bits per heavy atom. The molecule has 0 bridgehead atoms. The molecule has 1 radical (unpaired) electrons. The Labute approximate surface area is 172 Å². The van der Waals surface area contributed by atoms with E-state index in [2.05, 4.69) is 94.7 Å². The zero-order valence-electron chi connectivity index (χ0n) is 16.6. The van der Waals surface area contributed by atoms with E-state index in [9.17, 15) is 0 Å². The average molecular weight is 379 g/mol. The number of hydrogen-bond acceptors (Lipinski definition) is 0. The van der Waals surface area contributed by atoms with Crippen LogP contribution in [-0.2, 0) is 12.8 Å². The van der Waals surface area contributed by atoms with Gasteiger partial charge in [0, 0.05) is 6.42 Å². The summed E-state index contributed by atoms with van der Waals surface area (Å²) < 4.78 is 0. The first kappa shape index (κ1) is 20.2. The van der Waals surface area contributed by atoms with Crippen LogP contribution in [0.15, 0.2) is 66.7 Å². The van der Waals surface area contributed by atoms with Crippen molar-refractivity contribution in [1.29, 1.82) is 0 Å². The topological polar surface area (TPSA) is 0 Å². The molecule has 0 saturated heterocycles. The van der Waals surface area contributed by atoms with Gasteiger partial charge in [-0.3, -0.25) is 0 Å². The van der Waals surface area contributed by atoms with E-state index >= 15 is 0 Å². The van der Waals surface area contributed by atoms with Crippen LogP contribution in [0.1, 0.15) is 45.9 Å². The first-order valence-corrected chi connectivity index (χ1v) is 10.1. The van der Waals surface area contributed by atoms with E-state index in [1.807, 2.05) is 0 Å². The maximum atomic E-state index is 4.72. The van der Waals surface area contributed by atoms with Gasteiger partial charge in [-0.2, -0.15) is 0 Å². The molecule has 2 heteroatoms. The summed E-state index contributed by atoms with van der Waals surface area (Å²) in [5.74, 6) is 1.50. The summed E-state index contributed by atoms with van der Waals surface area (Å²) >= 11 is 0. The van der Waals surface area contributed by atoms with Crippen LogP contribution in [0.3, 0.4) is 0 Å². The Hall–Kier alpha value is -2.50. The van der Waals surface area contributed by atoms with E-state index in [0.29, 0.717) is 0 Å². The quantitative estimate of drug-likeness (QED) is 0.293. The van der Waals surface area contributed by atoms with Crippen molar-refractivity contribution in [3.05, 3.63) is 106 Å². The summed E-state index contributed by atoms with van der Waals surface area (Å²) in [6.45, 7) is 3.89. The van der Waals surface area contributed by atoms with Crippen LogP contribution in [0.25, 0.3) is 12.2 Å². The first-order chi connectivity index (χ1) is 13.6. The molecule has 3 aromatic rings. The van der Waals surface area contributed by atoms with Crippen LogP contribution in [0.2, 0.25) is 0 Å². The molecule has 0 atom stereocenters. The van der Waals surface area contributed by atoms with Crippen LogP contribution < -0.4 is 0 Å². The van der Waals surface area contributed by atoms with E-state index in [1.54, 1.807) is 6.92 Å². The molecule has 0 spiro atoms. The third-order valence-electron chi connectivity index (χ3n) is 4.87. The zero-order chi connectivity index (χ0) is 19.9. The molecule has 0 N–H and O–H groups in total. The minimum absolute atomic E-state index is 0.963. The Bertz CT molecular complexity index is 1010. The van der Waals surface area contributed by atoms with Gasteiger partial charge in [0.25, 0.3) is 0 Å². The van der Waals surface area contributed by atoms with Crippen LogP contribution in [0.4, 0.5) is 0 Å². The average Bonchev–Trinajstić information content (AvgIpc) is 2.84. The van der Waals surface area contributed by atoms with E-state index in [4.69, 9.17) is 7.49 Å². The number of hydrogen-bond donors (Lipinski definition) is 0. The van der Waals surface area contributed by atoms with Gasteiger partial charge in [-0.15, -0.1) is 8.86 Å². The molecule has 3 aromatic carbocycles. The molecule has 0 unspecified atom stereocenters. The Kier molecular flexibility index (Phi) is 6.96. The second-order valence-electron chi connectivity index (χ2n) is 7.09. The van der Waals surface area contributed by atoms with Crippen molar-refractivity contribution in [2.24, 2.45) is 0 Å². The Morgan fingerprint density at radius 3 is 2.04 bits per heavy atom. The van der Waals surface area contributed by atoms with E-state index in [0.717, 1.165) is 12.8 Å². The van der Waals surface area contributed by atoms with Crippen molar-refractivity contribution < 1.29 is 0 Å². The molecule has 28 heavy (non-hydrogen) atoms. The summed E-state index contributed by atoms with van der Waals surface area (Å²) in [6, 6.07) is 24.2. The molecule has 1 aliphatic rings. The Balaban J connectivity index is 0.000000706. The standard InChI is InChI=1S/C24H21P.C2H4B/c1-17-6-8-18(9-7-17)10-11-19-12-13-22-15-20-4-2-3-5-21(20)16-24(25)23(22)14-19;1-2-3/h2-14,25H,15-16H2,1H3;2H,1H3/b11-10+;. The molecule has 137 valence electrons. The SMILES string of the molecule is Cc1ccc(/C=C/c2ccc3c(c2)C(=P)Cc2ccccc2C3)cc1.[B]=CC. The molecule has 0 aromatic heterocycles. The summed E-state index contributed by atoms with van der Waals surface area (Å²) in [6.07, 6.45) is 6.34. The number of benzene rings is 3. The van der Waals surface area contributed by atoms with Crippen LogP contribution >= 0.6 is 8.86 Å². The van der Waals surface area contributed by atoms with E-state index < -0.39 is 0 Å². The van der Waals surface area contributed by atoms with Gasteiger partial charge in [0.05, 0.1) is 0 Å². The molecule has 0 amide bonds. The predicted molar refractivity (Wildman–Crippen MR) is 129 cm³/mol. The predicted octanol–water partition coefficient (Wildman–Crippen LogP) is 5.95. The van der Waals surface area contributed by atoms with Crippen molar-refractivity contribution in [3.8, 4) is 0 Å². The number of fused-ring (bicyclic) bond motifs is 2. The second kappa shape index (κ2) is 9.62. The summed E-state index contributed by atoms with van der Waals surface area (Å²) in [5, 5.41) is 1.27. The van der Waals surface area contributed by atoms with Gasteiger partial charge in [0.2, 0.25) is 0 Å².